The van der Waals surface area contributed by atoms with Crippen molar-refractivity contribution in [3.05, 3.63) is 42.2 Å². The minimum atomic E-state index is 0.668. The van der Waals surface area contributed by atoms with E-state index in [0.717, 1.165) is 11.3 Å². The van der Waals surface area contributed by atoms with E-state index in [2.05, 4.69) is 5.10 Å². The van der Waals surface area contributed by atoms with Crippen LogP contribution in [-0.4, -0.2) is 16.9 Å². The highest BCUT2D eigenvalue weighted by Crippen LogP contribution is 2.18. The number of hydrogen-bond donors (Lipinski definition) is 1. The van der Waals surface area contributed by atoms with E-state index in [0.29, 0.717) is 12.2 Å². The highest BCUT2D eigenvalue weighted by molar-refractivity contribution is 5.35. The molecule has 0 aliphatic heterocycles. The van der Waals surface area contributed by atoms with Crippen LogP contribution in [0.5, 0.6) is 5.75 Å². The standard InChI is InChI=1S/C11H13N3O/c1-15-11-5-3-2-4-9(11)7-14-8-10(12)6-13-14/h2-6,8H,7,12H2,1H3. The fraction of sp³-hybridized carbons (Fsp3) is 0.182. The van der Waals surface area contributed by atoms with Crippen LogP contribution in [0, 0.1) is 0 Å². The molecule has 4 nitrogen and oxygen atoms in total. The average molecular weight is 203 g/mol. The number of aromatic nitrogens is 2. The van der Waals surface area contributed by atoms with Crippen LogP contribution >= 0.6 is 0 Å². The second-order valence-electron chi connectivity index (χ2n) is 3.28. The van der Waals surface area contributed by atoms with Gasteiger partial charge in [0.15, 0.2) is 0 Å². The smallest absolute Gasteiger partial charge is 0.123 e. The Labute approximate surface area is 88.3 Å². The third-order valence-corrected chi connectivity index (χ3v) is 2.18. The number of ether oxygens (including phenoxy) is 1. The maximum absolute atomic E-state index is 5.59. The molecule has 0 amide bonds. The summed E-state index contributed by atoms with van der Waals surface area (Å²) in [6.45, 7) is 0.668. The first kappa shape index (κ1) is 9.58. The lowest BCUT2D eigenvalue weighted by Crippen LogP contribution is -2.01. The van der Waals surface area contributed by atoms with E-state index in [-0.39, 0.29) is 0 Å². The lowest BCUT2D eigenvalue weighted by atomic mass is 10.2. The van der Waals surface area contributed by atoms with E-state index in [1.54, 1.807) is 24.2 Å². The number of nitrogen functional groups attached to an aromatic ring is 1. The van der Waals surface area contributed by atoms with Gasteiger partial charge in [0.1, 0.15) is 5.75 Å². The van der Waals surface area contributed by atoms with Crippen LogP contribution in [0.3, 0.4) is 0 Å². The van der Waals surface area contributed by atoms with E-state index in [1.807, 2.05) is 24.3 Å². The fourth-order valence-corrected chi connectivity index (χ4v) is 1.47. The Kier molecular flexibility index (Phi) is 2.58. The van der Waals surface area contributed by atoms with E-state index >= 15 is 0 Å². The van der Waals surface area contributed by atoms with Gasteiger partial charge < -0.3 is 10.5 Å². The Hall–Kier alpha value is -1.97. The number of rotatable bonds is 3. The monoisotopic (exact) mass is 203 g/mol. The van der Waals surface area contributed by atoms with Gasteiger partial charge in [-0.25, -0.2) is 0 Å². The third kappa shape index (κ3) is 2.10. The van der Waals surface area contributed by atoms with Gasteiger partial charge in [0.2, 0.25) is 0 Å². The van der Waals surface area contributed by atoms with Crippen LogP contribution in [0.1, 0.15) is 5.56 Å². The molecule has 0 saturated heterocycles. The molecule has 0 unspecified atom stereocenters. The predicted octanol–water partition coefficient (Wildman–Crippen LogP) is 1.52. The molecule has 0 aliphatic rings. The largest absolute Gasteiger partial charge is 0.496 e. The number of nitrogens with zero attached hydrogens (tertiary/aromatic N) is 2. The van der Waals surface area contributed by atoms with Crippen LogP contribution < -0.4 is 10.5 Å². The van der Waals surface area contributed by atoms with Crippen molar-refractivity contribution in [2.24, 2.45) is 0 Å². The summed E-state index contributed by atoms with van der Waals surface area (Å²) in [6.07, 6.45) is 3.43. The van der Waals surface area contributed by atoms with Crippen molar-refractivity contribution in [3.63, 3.8) is 0 Å². The normalized spacial score (nSPS) is 10.2. The number of methoxy groups -OCH3 is 1. The van der Waals surface area contributed by atoms with E-state index in [1.165, 1.54) is 0 Å². The summed E-state index contributed by atoms with van der Waals surface area (Å²) in [7, 11) is 1.66. The van der Waals surface area contributed by atoms with Crippen molar-refractivity contribution in [2.45, 2.75) is 6.54 Å². The Bertz CT molecular complexity index is 451. The number of nitrogens with two attached hydrogens (primary N) is 1. The highest BCUT2D eigenvalue weighted by Gasteiger charge is 2.02. The number of anilines is 1. The fourth-order valence-electron chi connectivity index (χ4n) is 1.47. The second-order valence-corrected chi connectivity index (χ2v) is 3.28. The molecule has 0 atom stereocenters. The SMILES string of the molecule is COc1ccccc1Cn1cc(N)cn1. The van der Waals surface area contributed by atoms with Crippen LogP contribution in [0.25, 0.3) is 0 Å². The van der Waals surface area contributed by atoms with Gasteiger partial charge in [0.05, 0.1) is 25.5 Å². The minimum Gasteiger partial charge on any atom is -0.496 e. The van der Waals surface area contributed by atoms with Crippen molar-refractivity contribution < 1.29 is 4.74 Å². The molecule has 0 spiro atoms. The summed E-state index contributed by atoms with van der Waals surface area (Å²) in [4.78, 5) is 0. The van der Waals surface area contributed by atoms with Gasteiger partial charge in [-0.2, -0.15) is 5.10 Å². The van der Waals surface area contributed by atoms with E-state index < -0.39 is 0 Å². The van der Waals surface area contributed by atoms with Crippen LogP contribution in [0.15, 0.2) is 36.7 Å². The molecule has 0 aliphatic carbocycles. The van der Waals surface area contributed by atoms with Gasteiger partial charge in [-0.15, -0.1) is 0 Å². The van der Waals surface area contributed by atoms with E-state index in [4.69, 9.17) is 10.5 Å². The second kappa shape index (κ2) is 4.04. The summed E-state index contributed by atoms with van der Waals surface area (Å²) in [5, 5.41) is 4.12. The molecule has 0 saturated carbocycles. The quantitative estimate of drug-likeness (QED) is 0.822. The Morgan fingerprint density at radius 1 is 1.40 bits per heavy atom. The minimum absolute atomic E-state index is 0.668. The van der Waals surface area contributed by atoms with Crippen molar-refractivity contribution in [2.75, 3.05) is 12.8 Å². The maximum atomic E-state index is 5.59. The molecule has 2 rings (SSSR count). The first-order valence-corrected chi connectivity index (χ1v) is 4.69. The van der Waals surface area contributed by atoms with Gasteiger partial charge in [-0.05, 0) is 6.07 Å². The maximum Gasteiger partial charge on any atom is 0.123 e. The lowest BCUT2D eigenvalue weighted by molar-refractivity contribution is 0.407. The highest BCUT2D eigenvalue weighted by atomic mass is 16.5. The summed E-state index contributed by atoms with van der Waals surface area (Å²) in [5.74, 6) is 0.867. The van der Waals surface area contributed by atoms with Gasteiger partial charge >= 0.3 is 0 Å². The summed E-state index contributed by atoms with van der Waals surface area (Å²) < 4.78 is 7.04. The number of para-hydroxylation sites is 1. The molecule has 2 N–H and O–H groups in total. The first-order valence-electron chi connectivity index (χ1n) is 4.69. The van der Waals surface area contributed by atoms with Crippen LogP contribution in [0.2, 0.25) is 0 Å². The third-order valence-electron chi connectivity index (χ3n) is 2.18. The molecule has 0 radical (unpaired) electrons. The van der Waals surface area contributed by atoms with Gasteiger partial charge in [0, 0.05) is 11.8 Å². The zero-order valence-corrected chi connectivity index (χ0v) is 8.55. The van der Waals surface area contributed by atoms with Crippen LogP contribution in [-0.2, 0) is 6.54 Å². The molecule has 2 aromatic rings. The number of hydrogen-bond acceptors (Lipinski definition) is 3. The zero-order chi connectivity index (χ0) is 10.7. The van der Waals surface area contributed by atoms with Crippen LogP contribution in [0.4, 0.5) is 5.69 Å². The first-order chi connectivity index (χ1) is 7.29. The Balaban J connectivity index is 2.23. The predicted molar refractivity (Wildman–Crippen MR) is 58.7 cm³/mol. The number of benzene rings is 1. The summed E-state index contributed by atoms with van der Waals surface area (Å²) in [6, 6.07) is 7.86. The Morgan fingerprint density at radius 3 is 2.87 bits per heavy atom. The van der Waals surface area contributed by atoms with Crippen molar-refractivity contribution in [1.29, 1.82) is 0 Å². The molecular formula is C11H13N3O. The zero-order valence-electron chi connectivity index (χ0n) is 8.55. The van der Waals surface area contributed by atoms with Gasteiger partial charge in [-0.1, -0.05) is 18.2 Å². The lowest BCUT2D eigenvalue weighted by Gasteiger charge is -2.07. The Morgan fingerprint density at radius 2 is 2.20 bits per heavy atom. The molecule has 78 valence electrons. The van der Waals surface area contributed by atoms with E-state index in [9.17, 15) is 0 Å². The molecule has 4 heteroatoms. The van der Waals surface area contributed by atoms with Crippen molar-refractivity contribution in [3.8, 4) is 5.75 Å². The molecule has 1 aromatic carbocycles. The molecular weight excluding hydrogens is 190 g/mol. The molecule has 1 aromatic heterocycles. The summed E-state index contributed by atoms with van der Waals surface area (Å²) in [5.41, 5.74) is 7.35. The van der Waals surface area contributed by atoms with Crippen molar-refractivity contribution >= 4 is 5.69 Å². The van der Waals surface area contributed by atoms with Gasteiger partial charge in [-0.3, -0.25) is 4.68 Å². The molecule has 0 fully saturated rings. The molecule has 0 bridgehead atoms. The topological polar surface area (TPSA) is 53.1 Å². The van der Waals surface area contributed by atoms with Gasteiger partial charge in [0.25, 0.3) is 0 Å². The molecule has 15 heavy (non-hydrogen) atoms. The van der Waals surface area contributed by atoms with Crippen molar-refractivity contribution in [1.82, 2.24) is 9.78 Å². The average Bonchev–Trinajstić information content (AvgIpc) is 2.65. The molecule has 1 heterocycles. The summed E-state index contributed by atoms with van der Waals surface area (Å²) >= 11 is 0.